The quantitative estimate of drug-likeness (QED) is 0.604. The number of hydrogen-bond acceptors (Lipinski definition) is 4. The van der Waals surface area contributed by atoms with Gasteiger partial charge in [0, 0.05) is 13.1 Å². The van der Waals surface area contributed by atoms with E-state index in [0.717, 1.165) is 6.54 Å². The highest BCUT2D eigenvalue weighted by Crippen LogP contribution is 1.90. The van der Waals surface area contributed by atoms with E-state index in [2.05, 4.69) is 0 Å². The van der Waals surface area contributed by atoms with Crippen LogP contribution in [0, 0.1) is 0 Å². The highest BCUT2D eigenvalue weighted by atomic mass is 16.4. The molecule has 0 radical (unpaired) electrons. The van der Waals surface area contributed by atoms with Crippen LogP contribution in [0.5, 0.6) is 0 Å². The Hall–Kier alpha value is -0.940. The van der Waals surface area contributed by atoms with Crippen LogP contribution in [0.4, 0.5) is 0 Å². The summed E-state index contributed by atoms with van der Waals surface area (Å²) in [4.78, 5) is 24.9. The largest absolute Gasteiger partial charge is 0.480 e. The number of rotatable bonds is 7. The molecule has 0 fully saturated rings. The highest BCUT2D eigenvalue weighted by molar-refractivity contribution is 5.78. The van der Waals surface area contributed by atoms with E-state index in [0.29, 0.717) is 6.54 Å². The molecular weight excluding hydrogens is 184 g/mol. The van der Waals surface area contributed by atoms with E-state index in [4.69, 9.17) is 5.11 Å². The van der Waals surface area contributed by atoms with E-state index in [1.54, 1.807) is 4.90 Å². The van der Waals surface area contributed by atoms with Gasteiger partial charge in [0.2, 0.25) is 0 Å². The Morgan fingerprint density at radius 3 is 2.07 bits per heavy atom. The first-order chi connectivity index (χ1) is 6.41. The Balaban J connectivity index is 3.96. The third-order valence-electron chi connectivity index (χ3n) is 1.67. The summed E-state index contributed by atoms with van der Waals surface area (Å²) < 4.78 is 0. The highest BCUT2D eigenvalue weighted by Gasteiger charge is 2.11. The van der Waals surface area contributed by atoms with Crippen molar-refractivity contribution < 1.29 is 14.7 Å². The molecule has 0 amide bonds. The van der Waals surface area contributed by atoms with Crippen molar-refractivity contribution in [3.63, 3.8) is 0 Å². The molecule has 0 saturated heterocycles. The smallest absolute Gasteiger partial charge is 0.317 e. The maximum absolute atomic E-state index is 10.8. The maximum Gasteiger partial charge on any atom is 0.317 e. The number of nitrogens with zero attached hydrogens (tertiary/aromatic N) is 2. The van der Waals surface area contributed by atoms with Gasteiger partial charge in [0.1, 0.15) is 5.78 Å². The van der Waals surface area contributed by atoms with Gasteiger partial charge in [-0.15, -0.1) is 0 Å². The zero-order valence-corrected chi connectivity index (χ0v) is 8.99. The molecule has 0 aromatic carbocycles. The first-order valence-corrected chi connectivity index (χ1v) is 4.50. The zero-order valence-electron chi connectivity index (χ0n) is 8.99. The van der Waals surface area contributed by atoms with Crippen LogP contribution in [-0.2, 0) is 9.59 Å². The van der Waals surface area contributed by atoms with E-state index < -0.39 is 5.97 Å². The number of hydrogen-bond donors (Lipinski definition) is 1. The first-order valence-electron chi connectivity index (χ1n) is 4.50. The predicted molar refractivity (Wildman–Crippen MR) is 53.3 cm³/mol. The second-order valence-corrected chi connectivity index (χ2v) is 3.61. The molecule has 0 aromatic rings. The molecule has 1 N–H and O–H groups in total. The lowest BCUT2D eigenvalue weighted by atomic mass is 10.3. The third kappa shape index (κ3) is 7.70. The molecule has 0 aliphatic carbocycles. The van der Waals surface area contributed by atoms with E-state index in [1.807, 2.05) is 19.0 Å². The van der Waals surface area contributed by atoms with Gasteiger partial charge in [-0.25, -0.2) is 0 Å². The van der Waals surface area contributed by atoms with Crippen LogP contribution in [-0.4, -0.2) is 66.9 Å². The Kier molecular flexibility index (Phi) is 6.07. The number of carbonyl (C=O) groups is 2. The monoisotopic (exact) mass is 202 g/mol. The van der Waals surface area contributed by atoms with Crippen molar-refractivity contribution in [1.82, 2.24) is 9.80 Å². The number of likely N-dealkylation sites (N-methyl/N-ethyl adjacent to an activating group) is 1. The predicted octanol–water partition coefficient (Wildman–Crippen LogP) is -0.476. The lowest BCUT2D eigenvalue weighted by molar-refractivity contribution is -0.138. The molecule has 0 atom stereocenters. The van der Waals surface area contributed by atoms with Gasteiger partial charge in [-0.05, 0) is 21.0 Å². The summed E-state index contributed by atoms with van der Waals surface area (Å²) in [7, 11) is 3.82. The Morgan fingerprint density at radius 2 is 1.71 bits per heavy atom. The van der Waals surface area contributed by atoms with Crippen LogP contribution in [0.1, 0.15) is 6.92 Å². The van der Waals surface area contributed by atoms with Crippen LogP contribution in [0.15, 0.2) is 0 Å². The maximum atomic E-state index is 10.8. The molecular formula is C9H18N2O3. The topological polar surface area (TPSA) is 60.9 Å². The van der Waals surface area contributed by atoms with Crippen molar-refractivity contribution in [3.8, 4) is 0 Å². The fourth-order valence-electron chi connectivity index (χ4n) is 1.06. The van der Waals surface area contributed by atoms with Gasteiger partial charge < -0.3 is 10.0 Å². The van der Waals surface area contributed by atoms with Crippen molar-refractivity contribution in [2.45, 2.75) is 6.92 Å². The van der Waals surface area contributed by atoms with Gasteiger partial charge in [-0.3, -0.25) is 14.5 Å². The van der Waals surface area contributed by atoms with Crippen molar-refractivity contribution >= 4 is 11.8 Å². The Morgan fingerprint density at radius 1 is 1.14 bits per heavy atom. The summed E-state index contributed by atoms with van der Waals surface area (Å²) in [5, 5.41) is 8.60. The number of carboxylic acid groups (broad SMARTS) is 1. The molecule has 0 aliphatic heterocycles. The molecule has 0 rings (SSSR count). The summed E-state index contributed by atoms with van der Waals surface area (Å²) in [6.07, 6.45) is 0. The second-order valence-electron chi connectivity index (χ2n) is 3.61. The van der Waals surface area contributed by atoms with E-state index in [1.165, 1.54) is 6.92 Å². The molecule has 0 aliphatic rings. The molecule has 0 heterocycles. The number of carbonyl (C=O) groups excluding carboxylic acids is 1. The lowest BCUT2D eigenvalue weighted by Crippen LogP contribution is -2.38. The fourth-order valence-corrected chi connectivity index (χ4v) is 1.06. The molecule has 5 nitrogen and oxygen atoms in total. The summed E-state index contributed by atoms with van der Waals surface area (Å²) in [6.45, 7) is 2.94. The molecule has 0 aromatic heterocycles. The zero-order chi connectivity index (χ0) is 11.1. The summed E-state index contributed by atoms with van der Waals surface area (Å²) in [5.41, 5.74) is 0. The van der Waals surface area contributed by atoms with Crippen LogP contribution in [0.2, 0.25) is 0 Å². The second kappa shape index (κ2) is 6.50. The van der Waals surface area contributed by atoms with Gasteiger partial charge in [-0.1, -0.05) is 0 Å². The molecule has 14 heavy (non-hydrogen) atoms. The van der Waals surface area contributed by atoms with E-state index in [-0.39, 0.29) is 18.9 Å². The average Bonchev–Trinajstić information content (AvgIpc) is 1.97. The lowest BCUT2D eigenvalue weighted by Gasteiger charge is -2.20. The molecule has 0 unspecified atom stereocenters. The number of carboxylic acids is 1. The van der Waals surface area contributed by atoms with Crippen molar-refractivity contribution in [1.29, 1.82) is 0 Å². The van der Waals surface area contributed by atoms with Gasteiger partial charge in [0.15, 0.2) is 0 Å². The van der Waals surface area contributed by atoms with Crippen LogP contribution >= 0.6 is 0 Å². The number of Topliss-reactive ketones (excluding diaryl/α,β-unsaturated/α-hetero) is 1. The molecule has 0 spiro atoms. The molecule has 0 bridgehead atoms. The molecule has 5 heteroatoms. The number of aliphatic carboxylic acids is 1. The Labute approximate surface area is 84.3 Å². The number of ketones is 1. The van der Waals surface area contributed by atoms with E-state index in [9.17, 15) is 9.59 Å². The SMILES string of the molecule is CC(=O)CN(CCN(C)C)CC(=O)O. The molecule has 82 valence electrons. The third-order valence-corrected chi connectivity index (χ3v) is 1.67. The van der Waals surface area contributed by atoms with Crippen LogP contribution in [0.25, 0.3) is 0 Å². The van der Waals surface area contributed by atoms with Crippen molar-refractivity contribution in [2.75, 3.05) is 40.3 Å². The normalized spacial score (nSPS) is 10.9. The minimum absolute atomic E-state index is 0.00925. The molecule has 0 saturated carbocycles. The standard InChI is InChI=1S/C9H18N2O3/c1-8(12)6-11(7-9(13)14)5-4-10(2)3/h4-7H2,1-3H3,(H,13,14). The van der Waals surface area contributed by atoms with Crippen molar-refractivity contribution in [3.05, 3.63) is 0 Å². The first kappa shape index (κ1) is 13.1. The van der Waals surface area contributed by atoms with Gasteiger partial charge in [0.05, 0.1) is 13.1 Å². The van der Waals surface area contributed by atoms with Crippen LogP contribution in [0.3, 0.4) is 0 Å². The van der Waals surface area contributed by atoms with E-state index >= 15 is 0 Å². The average molecular weight is 202 g/mol. The van der Waals surface area contributed by atoms with Gasteiger partial charge in [0.25, 0.3) is 0 Å². The van der Waals surface area contributed by atoms with Gasteiger partial charge >= 0.3 is 5.97 Å². The van der Waals surface area contributed by atoms with Crippen molar-refractivity contribution in [2.24, 2.45) is 0 Å². The summed E-state index contributed by atoms with van der Waals surface area (Å²) in [6, 6.07) is 0. The Bertz CT molecular complexity index is 188. The van der Waals surface area contributed by atoms with Crippen LogP contribution < -0.4 is 0 Å². The van der Waals surface area contributed by atoms with Gasteiger partial charge in [-0.2, -0.15) is 0 Å². The fraction of sp³-hybridized carbons (Fsp3) is 0.778. The summed E-state index contributed by atoms with van der Waals surface area (Å²) in [5.74, 6) is -0.907. The minimum atomic E-state index is -0.898. The minimum Gasteiger partial charge on any atom is -0.480 e. The summed E-state index contributed by atoms with van der Waals surface area (Å²) >= 11 is 0.